The summed E-state index contributed by atoms with van der Waals surface area (Å²) >= 11 is 0. The van der Waals surface area contributed by atoms with Crippen LogP contribution in [-0.2, 0) is 9.53 Å². The van der Waals surface area contributed by atoms with Gasteiger partial charge in [0, 0.05) is 5.57 Å². The number of carbonyl (C=O) groups excluding carboxylic acids is 1. The molecule has 3 rings (SSSR count). The second-order valence-corrected chi connectivity index (χ2v) is 4.41. The smallest absolute Gasteiger partial charge is 0.335 e. The zero-order chi connectivity index (χ0) is 11.0. The molecule has 0 fully saturated rings. The molecule has 16 heavy (non-hydrogen) atoms. The van der Waals surface area contributed by atoms with Crippen LogP contribution in [0.3, 0.4) is 0 Å². The molecule has 82 valence electrons. The van der Waals surface area contributed by atoms with Crippen LogP contribution in [0.15, 0.2) is 41.5 Å². The van der Waals surface area contributed by atoms with Gasteiger partial charge in [-0.1, -0.05) is 30.3 Å². The fourth-order valence-electron chi connectivity index (χ4n) is 2.60. The van der Waals surface area contributed by atoms with Crippen molar-refractivity contribution in [2.24, 2.45) is 0 Å². The number of hydrogen-bond acceptors (Lipinski definition) is 2. The third-order valence-electron chi connectivity index (χ3n) is 3.40. The van der Waals surface area contributed by atoms with Gasteiger partial charge in [0.2, 0.25) is 0 Å². The van der Waals surface area contributed by atoms with Gasteiger partial charge in [0.15, 0.2) is 0 Å². The lowest BCUT2D eigenvalue weighted by Gasteiger charge is -2.16. The minimum atomic E-state index is -0.107. The number of rotatable bonds is 1. The first-order valence-electron chi connectivity index (χ1n) is 5.84. The molecule has 0 saturated carbocycles. The van der Waals surface area contributed by atoms with E-state index in [0.717, 1.165) is 30.4 Å². The van der Waals surface area contributed by atoms with Gasteiger partial charge in [0.1, 0.15) is 6.10 Å². The van der Waals surface area contributed by atoms with Crippen molar-refractivity contribution in [3.8, 4) is 0 Å². The number of hydrogen-bond donors (Lipinski definition) is 0. The fraction of sp³-hybridized carbons (Fsp3) is 0.357. The van der Waals surface area contributed by atoms with Gasteiger partial charge < -0.3 is 4.74 Å². The first-order valence-corrected chi connectivity index (χ1v) is 5.84. The summed E-state index contributed by atoms with van der Waals surface area (Å²) in [5.41, 5.74) is 3.27. The highest BCUT2D eigenvalue weighted by Gasteiger charge is 2.35. The lowest BCUT2D eigenvalue weighted by molar-refractivity contribution is -0.140. The predicted molar refractivity (Wildman–Crippen MR) is 60.8 cm³/mol. The van der Waals surface area contributed by atoms with Crippen molar-refractivity contribution in [2.45, 2.75) is 31.8 Å². The Labute approximate surface area is 94.9 Å². The van der Waals surface area contributed by atoms with E-state index in [1.807, 2.05) is 30.3 Å². The summed E-state index contributed by atoms with van der Waals surface area (Å²) in [6.07, 6.45) is 4.11. The zero-order valence-electron chi connectivity index (χ0n) is 9.11. The van der Waals surface area contributed by atoms with Gasteiger partial charge in [-0.25, -0.2) is 4.79 Å². The van der Waals surface area contributed by atoms with E-state index in [2.05, 4.69) is 0 Å². The maximum atomic E-state index is 11.7. The first kappa shape index (κ1) is 9.64. The molecule has 0 bridgehead atoms. The third-order valence-corrected chi connectivity index (χ3v) is 3.40. The van der Waals surface area contributed by atoms with Crippen molar-refractivity contribution >= 4 is 5.97 Å². The Kier molecular flexibility index (Phi) is 2.28. The van der Waals surface area contributed by atoms with Crippen molar-refractivity contribution in [1.29, 1.82) is 0 Å². The molecule has 0 saturated heterocycles. The van der Waals surface area contributed by atoms with Crippen molar-refractivity contribution in [3.05, 3.63) is 47.0 Å². The molecule has 1 aromatic rings. The van der Waals surface area contributed by atoms with Crippen LogP contribution >= 0.6 is 0 Å². The van der Waals surface area contributed by atoms with E-state index in [-0.39, 0.29) is 12.1 Å². The maximum Gasteiger partial charge on any atom is 0.335 e. The third kappa shape index (κ3) is 1.45. The summed E-state index contributed by atoms with van der Waals surface area (Å²) in [7, 11) is 0. The molecule has 2 nitrogen and oxygen atoms in total. The Morgan fingerprint density at radius 1 is 1.06 bits per heavy atom. The first-order chi connectivity index (χ1) is 7.86. The molecule has 1 aliphatic carbocycles. The minimum Gasteiger partial charge on any atom is -0.450 e. The van der Waals surface area contributed by atoms with E-state index >= 15 is 0 Å². The molecule has 0 radical (unpaired) electrons. The molecule has 1 unspecified atom stereocenters. The standard InChI is InChI=1S/C14H14O2/c15-14-12-9-5-4-8-11(12)13(16-14)10-6-2-1-3-7-10/h1-3,6-7,13H,4-5,8-9H2. The molecule has 2 heteroatoms. The van der Waals surface area contributed by atoms with E-state index in [9.17, 15) is 4.79 Å². The Morgan fingerprint density at radius 2 is 1.81 bits per heavy atom. The van der Waals surface area contributed by atoms with E-state index in [4.69, 9.17) is 4.74 Å². The van der Waals surface area contributed by atoms with Crippen molar-refractivity contribution in [2.75, 3.05) is 0 Å². The molecule has 1 heterocycles. The van der Waals surface area contributed by atoms with E-state index in [1.165, 1.54) is 12.0 Å². The number of carbonyl (C=O) groups is 1. The molecular weight excluding hydrogens is 200 g/mol. The number of cyclic esters (lactones) is 1. The molecule has 1 aliphatic heterocycles. The average Bonchev–Trinajstić information content (AvgIpc) is 2.69. The summed E-state index contributed by atoms with van der Waals surface area (Å²) in [5.74, 6) is -0.0939. The predicted octanol–water partition coefficient (Wildman–Crippen LogP) is 3.16. The number of esters is 1. The van der Waals surface area contributed by atoms with Crippen LogP contribution in [0.4, 0.5) is 0 Å². The van der Waals surface area contributed by atoms with Gasteiger partial charge in [-0.3, -0.25) is 0 Å². The normalized spacial score (nSPS) is 24.2. The van der Waals surface area contributed by atoms with Gasteiger partial charge in [0.05, 0.1) is 0 Å². The highest BCUT2D eigenvalue weighted by Crippen LogP contribution is 2.42. The highest BCUT2D eigenvalue weighted by atomic mass is 16.5. The van der Waals surface area contributed by atoms with E-state index in [1.54, 1.807) is 0 Å². The number of ether oxygens (including phenoxy) is 1. The van der Waals surface area contributed by atoms with Crippen LogP contribution < -0.4 is 0 Å². The average molecular weight is 214 g/mol. The second-order valence-electron chi connectivity index (χ2n) is 4.41. The summed E-state index contributed by atoms with van der Waals surface area (Å²) in [6.45, 7) is 0. The summed E-state index contributed by atoms with van der Waals surface area (Å²) in [5, 5.41) is 0. The Hall–Kier alpha value is -1.57. The second kappa shape index (κ2) is 3.78. The Balaban J connectivity index is 1.99. The Morgan fingerprint density at radius 3 is 2.62 bits per heavy atom. The molecule has 1 atom stereocenters. The van der Waals surface area contributed by atoms with Crippen LogP contribution in [0.25, 0.3) is 0 Å². The van der Waals surface area contributed by atoms with E-state index in [0.29, 0.717) is 0 Å². The SMILES string of the molecule is O=C1OC(c2ccccc2)C2=C1CCCC2. The van der Waals surface area contributed by atoms with Gasteiger partial charge in [-0.05, 0) is 36.8 Å². The van der Waals surface area contributed by atoms with Crippen molar-refractivity contribution in [3.63, 3.8) is 0 Å². The summed E-state index contributed by atoms with van der Waals surface area (Å²) < 4.78 is 5.48. The van der Waals surface area contributed by atoms with Crippen LogP contribution in [0.1, 0.15) is 37.4 Å². The van der Waals surface area contributed by atoms with Crippen LogP contribution in [0.5, 0.6) is 0 Å². The van der Waals surface area contributed by atoms with Gasteiger partial charge in [-0.2, -0.15) is 0 Å². The fourth-order valence-corrected chi connectivity index (χ4v) is 2.60. The molecular formula is C14H14O2. The maximum absolute atomic E-state index is 11.7. The summed E-state index contributed by atoms with van der Waals surface area (Å²) in [4.78, 5) is 11.7. The minimum absolute atomic E-state index is 0.0939. The van der Waals surface area contributed by atoms with Crippen molar-refractivity contribution < 1.29 is 9.53 Å². The topological polar surface area (TPSA) is 26.3 Å². The van der Waals surface area contributed by atoms with Crippen LogP contribution in [0, 0.1) is 0 Å². The number of benzene rings is 1. The molecule has 2 aliphatic rings. The summed E-state index contributed by atoms with van der Waals surface area (Å²) in [6, 6.07) is 10.0. The van der Waals surface area contributed by atoms with Crippen molar-refractivity contribution in [1.82, 2.24) is 0 Å². The zero-order valence-corrected chi connectivity index (χ0v) is 9.11. The molecule has 1 aromatic carbocycles. The van der Waals surface area contributed by atoms with Gasteiger partial charge >= 0.3 is 5.97 Å². The molecule has 0 spiro atoms. The van der Waals surface area contributed by atoms with Gasteiger partial charge in [-0.15, -0.1) is 0 Å². The lowest BCUT2D eigenvalue weighted by atomic mass is 9.88. The highest BCUT2D eigenvalue weighted by molar-refractivity contribution is 5.92. The Bertz CT molecular complexity index is 445. The van der Waals surface area contributed by atoms with Crippen LogP contribution in [0.2, 0.25) is 0 Å². The molecule has 0 aromatic heterocycles. The molecule has 0 N–H and O–H groups in total. The molecule has 0 amide bonds. The quantitative estimate of drug-likeness (QED) is 0.671. The lowest BCUT2D eigenvalue weighted by Crippen LogP contribution is -2.02. The van der Waals surface area contributed by atoms with E-state index < -0.39 is 0 Å². The largest absolute Gasteiger partial charge is 0.450 e. The van der Waals surface area contributed by atoms with Crippen LogP contribution in [-0.4, -0.2) is 5.97 Å². The van der Waals surface area contributed by atoms with Gasteiger partial charge in [0.25, 0.3) is 0 Å². The monoisotopic (exact) mass is 214 g/mol.